The molecule has 4 unspecified atom stereocenters. The van der Waals surface area contributed by atoms with E-state index in [2.05, 4.69) is 9.80 Å². The predicted octanol–water partition coefficient (Wildman–Crippen LogP) is 4.09. The fraction of sp³-hybridized carbons (Fsp3) is 0.441. The van der Waals surface area contributed by atoms with Crippen molar-refractivity contribution in [3.8, 4) is 0 Å². The van der Waals surface area contributed by atoms with Gasteiger partial charge in [0.05, 0.1) is 11.8 Å². The number of hydrogen-bond acceptors (Lipinski definition) is 8. The van der Waals surface area contributed by atoms with Crippen molar-refractivity contribution < 1.29 is 29.4 Å². The van der Waals surface area contributed by atoms with Crippen LogP contribution in [0, 0.1) is 11.8 Å². The number of ketones is 1. The SMILES string of the molecule is O=C=CN1C=C(C(=O)O)C(c2c(Cl)cccc2Cl)C(C(=O)O)C1(CC(=O)c1ccccc1)N1CCN(C2CN3CCC2CC3)CC1. The summed E-state index contributed by atoms with van der Waals surface area (Å²) in [6.07, 6.45) is 4.20. The van der Waals surface area contributed by atoms with Crippen LogP contribution in [0.15, 0.2) is 66.5 Å². The molecular weight excluding hydrogens is 631 g/mol. The summed E-state index contributed by atoms with van der Waals surface area (Å²) in [5, 5.41) is 21.8. The number of hydrogen-bond donors (Lipinski definition) is 2. The highest BCUT2D eigenvalue weighted by Crippen LogP contribution is 2.52. The van der Waals surface area contributed by atoms with Crippen molar-refractivity contribution in [1.29, 1.82) is 0 Å². The summed E-state index contributed by atoms with van der Waals surface area (Å²) in [4.78, 5) is 60.8. The highest BCUT2D eigenvalue weighted by Gasteiger charge is 2.60. The summed E-state index contributed by atoms with van der Waals surface area (Å²) in [5.74, 6) is -3.69. The molecule has 5 aliphatic heterocycles. The van der Waals surface area contributed by atoms with E-state index in [-0.39, 0.29) is 33.4 Å². The van der Waals surface area contributed by atoms with Crippen molar-refractivity contribution in [3.63, 3.8) is 0 Å². The number of piperazine rings is 1. The Balaban J connectivity index is 1.50. The molecule has 2 N–H and O–H groups in total. The van der Waals surface area contributed by atoms with Crippen LogP contribution in [0.1, 0.15) is 41.1 Å². The van der Waals surface area contributed by atoms with Gasteiger partial charge in [-0.15, -0.1) is 0 Å². The van der Waals surface area contributed by atoms with Crippen LogP contribution in [0.3, 0.4) is 0 Å². The van der Waals surface area contributed by atoms with Crippen molar-refractivity contribution in [2.75, 3.05) is 45.8 Å². The molecule has 7 rings (SSSR count). The zero-order valence-corrected chi connectivity index (χ0v) is 26.7. The lowest BCUT2D eigenvalue weighted by atomic mass is 9.68. The van der Waals surface area contributed by atoms with Crippen molar-refractivity contribution in [2.24, 2.45) is 11.8 Å². The highest BCUT2D eigenvalue weighted by molar-refractivity contribution is 6.36. The minimum Gasteiger partial charge on any atom is -0.481 e. The van der Waals surface area contributed by atoms with Gasteiger partial charge in [-0.05, 0) is 49.5 Å². The summed E-state index contributed by atoms with van der Waals surface area (Å²) in [7, 11) is 0. The molecular formula is C34H36Cl2N4O6. The number of halogens is 2. The molecule has 4 saturated heterocycles. The first-order valence-electron chi connectivity index (χ1n) is 15.6. The first-order valence-corrected chi connectivity index (χ1v) is 16.3. The van der Waals surface area contributed by atoms with E-state index in [1.54, 1.807) is 42.3 Å². The molecule has 46 heavy (non-hydrogen) atoms. The molecule has 242 valence electrons. The third-order valence-corrected chi connectivity index (χ3v) is 11.0. The van der Waals surface area contributed by atoms with Gasteiger partial charge in [-0.2, -0.15) is 0 Å². The third kappa shape index (κ3) is 5.79. The summed E-state index contributed by atoms with van der Waals surface area (Å²) in [5.41, 5.74) is -1.51. The normalized spacial score (nSPS) is 29.9. The average molecular weight is 668 g/mol. The molecule has 12 heteroatoms. The topological polar surface area (TPSA) is 122 Å². The van der Waals surface area contributed by atoms with Crippen molar-refractivity contribution >= 4 is 46.9 Å². The van der Waals surface area contributed by atoms with Gasteiger partial charge in [-0.25, -0.2) is 9.59 Å². The molecule has 2 aromatic carbocycles. The Bertz CT molecular complexity index is 1560. The van der Waals surface area contributed by atoms with Crippen LogP contribution in [-0.2, 0) is 14.4 Å². The lowest BCUT2D eigenvalue weighted by Gasteiger charge is -2.58. The zero-order chi connectivity index (χ0) is 32.6. The summed E-state index contributed by atoms with van der Waals surface area (Å²) in [6.45, 7) is 5.24. The van der Waals surface area contributed by atoms with Crippen molar-refractivity contribution in [2.45, 2.75) is 36.9 Å². The maximum atomic E-state index is 14.1. The van der Waals surface area contributed by atoms with Crippen LogP contribution >= 0.6 is 23.2 Å². The number of carboxylic acids is 2. The van der Waals surface area contributed by atoms with Gasteiger partial charge < -0.3 is 20.0 Å². The number of carboxylic acid groups (broad SMARTS) is 2. The molecule has 0 aliphatic carbocycles. The Morgan fingerprint density at radius 2 is 1.57 bits per heavy atom. The number of benzene rings is 2. The number of rotatable bonds is 9. The van der Waals surface area contributed by atoms with E-state index in [4.69, 9.17) is 23.2 Å². The van der Waals surface area contributed by atoms with Crippen LogP contribution in [0.4, 0.5) is 0 Å². The molecule has 5 aliphatic rings. The van der Waals surface area contributed by atoms with Gasteiger partial charge in [0, 0.05) is 72.9 Å². The van der Waals surface area contributed by atoms with Gasteiger partial charge in [0.2, 0.25) is 0 Å². The molecule has 5 heterocycles. The summed E-state index contributed by atoms with van der Waals surface area (Å²) >= 11 is 13.3. The minimum absolute atomic E-state index is 0.103. The van der Waals surface area contributed by atoms with Crippen LogP contribution in [0.25, 0.3) is 0 Å². The maximum absolute atomic E-state index is 14.1. The van der Waals surface area contributed by atoms with E-state index in [1.165, 1.54) is 23.2 Å². The summed E-state index contributed by atoms with van der Waals surface area (Å²) in [6, 6.07) is 13.6. The largest absolute Gasteiger partial charge is 0.481 e. The van der Waals surface area contributed by atoms with Gasteiger partial charge in [0.1, 0.15) is 17.5 Å². The first-order chi connectivity index (χ1) is 22.1. The standard InChI is InChI=1S/C34H36Cl2N4O6/c35-25-7-4-8-26(36)30(25)29-24(32(43)44)20-40(17-18-41)34(31(29)33(45)46,19-28(42)23-5-2-1-3-6-23)39-15-13-38(14-16-39)27-21-37-11-9-22(27)10-12-37/h1-8,17,20,22,27,29,31H,9-16,19,21H2,(H,43,44)(H,45,46). The second kappa shape index (κ2) is 13.3. The quantitative estimate of drug-likeness (QED) is 0.299. The van der Waals surface area contributed by atoms with E-state index in [0.717, 1.165) is 38.7 Å². The Kier molecular flexibility index (Phi) is 9.39. The molecule has 2 aromatic rings. The Labute approximate surface area is 277 Å². The monoisotopic (exact) mass is 666 g/mol. The Hall–Kier alpha value is -3.50. The van der Waals surface area contributed by atoms with Gasteiger partial charge in [-0.1, -0.05) is 59.6 Å². The Morgan fingerprint density at radius 1 is 0.913 bits per heavy atom. The third-order valence-electron chi connectivity index (χ3n) is 10.4. The van der Waals surface area contributed by atoms with Gasteiger partial charge in [0.25, 0.3) is 0 Å². The van der Waals surface area contributed by atoms with Gasteiger partial charge in [0.15, 0.2) is 5.78 Å². The molecule has 0 aromatic heterocycles. The number of carbonyl (C=O) groups is 3. The molecule has 2 bridgehead atoms. The van der Waals surface area contributed by atoms with E-state index in [0.29, 0.717) is 43.7 Å². The highest BCUT2D eigenvalue weighted by atomic mass is 35.5. The molecule has 0 radical (unpaired) electrons. The lowest BCUT2D eigenvalue weighted by Crippen LogP contribution is -2.71. The number of fused-ring (bicyclic) bond motifs is 3. The number of piperidine rings is 3. The lowest BCUT2D eigenvalue weighted by molar-refractivity contribution is -0.162. The van der Waals surface area contributed by atoms with E-state index in [9.17, 15) is 29.4 Å². The smallest absolute Gasteiger partial charge is 0.333 e. The zero-order valence-electron chi connectivity index (χ0n) is 25.2. The molecule has 0 saturated carbocycles. The van der Waals surface area contributed by atoms with Gasteiger partial charge >= 0.3 is 11.9 Å². The van der Waals surface area contributed by atoms with E-state index >= 15 is 0 Å². The number of nitrogens with zero attached hydrogens (tertiary/aromatic N) is 4. The first kappa shape index (κ1) is 32.4. The summed E-state index contributed by atoms with van der Waals surface area (Å²) < 4.78 is 0. The minimum atomic E-state index is -1.70. The number of carbonyl (C=O) groups excluding carboxylic acids is 2. The number of Topliss-reactive ketones (excluding diaryl/α,β-unsaturated/α-hetero) is 1. The van der Waals surface area contributed by atoms with Crippen LogP contribution in [0.2, 0.25) is 10.0 Å². The fourth-order valence-corrected chi connectivity index (χ4v) is 8.87. The fourth-order valence-electron chi connectivity index (χ4n) is 8.24. The number of aliphatic carboxylic acids is 2. The van der Waals surface area contributed by atoms with Crippen LogP contribution < -0.4 is 0 Å². The maximum Gasteiger partial charge on any atom is 0.333 e. The Morgan fingerprint density at radius 3 is 2.11 bits per heavy atom. The average Bonchev–Trinajstić information content (AvgIpc) is 3.06. The molecule has 4 atom stereocenters. The van der Waals surface area contributed by atoms with Crippen molar-refractivity contribution in [1.82, 2.24) is 19.6 Å². The van der Waals surface area contributed by atoms with E-state index in [1.807, 2.05) is 4.90 Å². The molecule has 4 fully saturated rings. The second-order valence-electron chi connectivity index (χ2n) is 12.5. The van der Waals surface area contributed by atoms with Crippen LogP contribution in [-0.4, -0.2) is 111 Å². The molecule has 10 nitrogen and oxygen atoms in total. The van der Waals surface area contributed by atoms with E-state index < -0.39 is 29.4 Å². The van der Waals surface area contributed by atoms with Crippen molar-refractivity contribution in [3.05, 3.63) is 87.7 Å². The van der Waals surface area contributed by atoms with Gasteiger partial charge in [-0.3, -0.25) is 19.4 Å². The molecule has 0 amide bonds. The second-order valence-corrected chi connectivity index (χ2v) is 13.4. The predicted molar refractivity (Wildman–Crippen MR) is 172 cm³/mol. The van der Waals surface area contributed by atoms with Crippen LogP contribution in [0.5, 0.6) is 0 Å². The molecule has 0 spiro atoms.